The van der Waals surface area contributed by atoms with Crippen molar-refractivity contribution >= 4 is 11.8 Å². The van der Waals surface area contributed by atoms with Gasteiger partial charge >= 0.3 is 0 Å². The molecule has 0 fully saturated rings. The molecule has 0 heterocycles. The van der Waals surface area contributed by atoms with E-state index in [0.29, 0.717) is 0 Å². The molecule has 0 saturated heterocycles. The summed E-state index contributed by atoms with van der Waals surface area (Å²) < 4.78 is 4.95. The van der Waals surface area contributed by atoms with Gasteiger partial charge in [0.05, 0.1) is 6.61 Å². The van der Waals surface area contributed by atoms with Crippen LogP contribution < -0.4 is 5.32 Å². The zero-order chi connectivity index (χ0) is 10.5. The fraction of sp³-hybridized carbons (Fsp3) is 1.00. The molecule has 0 unspecified atom stereocenters. The third-order valence-electron chi connectivity index (χ3n) is 2.02. The van der Waals surface area contributed by atoms with E-state index >= 15 is 0 Å². The first kappa shape index (κ1) is 14.3. The van der Waals surface area contributed by atoms with E-state index in [1.165, 1.54) is 37.2 Å². The van der Waals surface area contributed by atoms with Gasteiger partial charge in [-0.3, -0.25) is 0 Å². The van der Waals surface area contributed by atoms with Crippen molar-refractivity contribution in [1.82, 2.24) is 5.32 Å². The molecule has 0 aromatic carbocycles. The van der Waals surface area contributed by atoms with E-state index in [-0.39, 0.29) is 0 Å². The largest absolute Gasteiger partial charge is 0.383 e. The van der Waals surface area contributed by atoms with Crippen LogP contribution in [0.1, 0.15) is 32.6 Å². The van der Waals surface area contributed by atoms with Crippen LogP contribution in [0.25, 0.3) is 0 Å². The first-order valence-corrected chi connectivity index (χ1v) is 6.84. The van der Waals surface area contributed by atoms with Gasteiger partial charge < -0.3 is 10.1 Å². The van der Waals surface area contributed by atoms with Gasteiger partial charge in [-0.1, -0.05) is 19.8 Å². The van der Waals surface area contributed by atoms with Crippen molar-refractivity contribution in [3.63, 3.8) is 0 Å². The molecule has 0 aromatic rings. The third-order valence-corrected chi connectivity index (χ3v) is 3.17. The molecule has 0 bridgehead atoms. The summed E-state index contributed by atoms with van der Waals surface area (Å²) in [7, 11) is 1.74. The average Bonchev–Trinajstić information content (AvgIpc) is 2.21. The number of nitrogens with one attached hydrogen (secondary N) is 1. The van der Waals surface area contributed by atoms with E-state index < -0.39 is 0 Å². The first-order valence-electron chi connectivity index (χ1n) is 5.69. The molecule has 0 radical (unpaired) electrons. The second-order valence-electron chi connectivity index (χ2n) is 3.42. The van der Waals surface area contributed by atoms with Gasteiger partial charge in [-0.15, -0.1) is 0 Å². The maximum atomic E-state index is 4.95. The Balaban J connectivity index is 2.78. The summed E-state index contributed by atoms with van der Waals surface area (Å²) >= 11 is 2.09. The highest BCUT2D eigenvalue weighted by atomic mass is 32.2. The van der Waals surface area contributed by atoms with Crippen molar-refractivity contribution in [3.8, 4) is 0 Å². The molecular weight excluding hydrogens is 194 g/mol. The van der Waals surface area contributed by atoms with Gasteiger partial charge in [0.15, 0.2) is 0 Å². The van der Waals surface area contributed by atoms with Crippen LogP contribution in [0.5, 0.6) is 0 Å². The summed E-state index contributed by atoms with van der Waals surface area (Å²) in [6.07, 6.45) is 5.39. The quantitative estimate of drug-likeness (QED) is 0.540. The number of ether oxygens (including phenoxy) is 1. The summed E-state index contributed by atoms with van der Waals surface area (Å²) in [5, 5.41) is 3.35. The van der Waals surface area contributed by atoms with Crippen molar-refractivity contribution in [3.05, 3.63) is 0 Å². The Kier molecular flexibility index (Phi) is 13.5. The molecule has 3 heteroatoms. The molecule has 2 nitrogen and oxygen atoms in total. The number of thioether (sulfide) groups is 1. The van der Waals surface area contributed by atoms with Crippen molar-refractivity contribution in [2.24, 2.45) is 0 Å². The fourth-order valence-corrected chi connectivity index (χ4v) is 2.12. The Labute approximate surface area is 93.2 Å². The minimum absolute atomic E-state index is 0.823. The molecule has 0 aromatic heterocycles. The van der Waals surface area contributed by atoms with Crippen LogP contribution in [0, 0.1) is 0 Å². The van der Waals surface area contributed by atoms with E-state index in [0.717, 1.165) is 19.7 Å². The monoisotopic (exact) mass is 219 g/mol. The highest BCUT2D eigenvalue weighted by molar-refractivity contribution is 7.99. The highest BCUT2D eigenvalue weighted by Crippen LogP contribution is 2.06. The Bertz CT molecular complexity index is 89.3. The summed E-state index contributed by atoms with van der Waals surface area (Å²) in [5.74, 6) is 2.63. The van der Waals surface area contributed by atoms with Crippen LogP contribution in [0.2, 0.25) is 0 Å². The van der Waals surface area contributed by atoms with E-state index in [2.05, 4.69) is 24.0 Å². The lowest BCUT2D eigenvalue weighted by Crippen LogP contribution is -2.20. The van der Waals surface area contributed by atoms with Crippen molar-refractivity contribution in [2.45, 2.75) is 32.6 Å². The minimum Gasteiger partial charge on any atom is -0.383 e. The summed E-state index contributed by atoms with van der Waals surface area (Å²) in [5.41, 5.74) is 0. The van der Waals surface area contributed by atoms with Gasteiger partial charge in [-0.25, -0.2) is 0 Å². The Morgan fingerprint density at radius 3 is 2.57 bits per heavy atom. The van der Waals surface area contributed by atoms with Gasteiger partial charge in [0.1, 0.15) is 0 Å². The van der Waals surface area contributed by atoms with Gasteiger partial charge in [-0.2, -0.15) is 11.8 Å². The Morgan fingerprint density at radius 1 is 1.07 bits per heavy atom. The lowest BCUT2D eigenvalue weighted by Gasteiger charge is -2.03. The molecule has 0 rings (SSSR count). The molecule has 0 saturated carbocycles. The molecule has 0 aliphatic heterocycles. The fourth-order valence-electron chi connectivity index (χ4n) is 1.15. The number of hydrogen-bond donors (Lipinski definition) is 1. The summed E-state index contributed by atoms with van der Waals surface area (Å²) in [4.78, 5) is 0. The number of hydrogen-bond acceptors (Lipinski definition) is 3. The number of rotatable bonds is 11. The van der Waals surface area contributed by atoms with Crippen LogP contribution in [0.4, 0.5) is 0 Å². The molecule has 14 heavy (non-hydrogen) atoms. The smallest absolute Gasteiger partial charge is 0.0587 e. The number of unbranched alkanes of at least 4 members (excludes halogenated alkanes) is 2. The first-order chi connectivity index (χ1) is 6.91. The van der Waals surface area contributed by atoms with E-state index in [9.17, 15) is 0 Å². The average molecular weight is 219 g/mol. The Morgan fingerprint density at radius 2 is 1.86 bits per heavy atom. The molecular formula is C11H25NOS. The van der Waals surface area contributed by atoms with Crippen LogP contribution in [0.3, 0.4) is 0 Å². The number of methoxy groups -OCH3 is 1. The van der Waals surface area contributed by atoms with E-state index in [1.54, 1.807) is 7.11 Å². The lowest BCUT2D eigenvalue weighted by molar-refractivity contribution is 0.199. The summed E-state index contributed by atoms with van der Waals surface area (Å²) in [6.45, 7) is 5.19. The van der Waals surface area contributed by atoms with Crippen LogP contribution >= 0.6 is 11.8 Å². The molecule has 0 atom stereocenters. The summed E-state index contributed by atoms with van der Waals surface area (Å²) in [6, 6.07) is 0. The third kappa shape index (κ3) is 12.3. The van der Waals surface area contributed by atoms with Crippen LogP contribution in [-0.2, 0) is 4.74 Å². The predicted molar refractivity (Wildman–Crippen MR) is 66.2 cm³/mol. The topological polar surface area (TPSA) is 21.3 Å². The zero-order valence-corrected chi connectivity index (χ0v) is 10.5. The van der Waals surface area contributed by atoms with Gasteiger partial charge in [0, 0.05) is 13.7 Å². The van der Waals surface area contributed by atoms with Gasteiger partial charge in [-0.05, 0) is 30.9 Å². The maximum Gasteiger partial charge on any atom is 0.0587 e. The molecule has 0 amide bonds. The maximum absolute atomic E-state index is 4.95. The highest BCUT2D eigenvalue weighted by Gasteiger charge is 1.90. The van der Waals surface area contributed by atoms with Crippen LogP contribution in [-0.4, -0.2) is 38.3 Å². The SMILES string of the molecule is CCCCCSCCCNCCOC. The second-order valence-corrected chi connectivity index (χ2v) is 4.64. The predicted octanol–water partition coefficient (Wildman–Crippen LogP) is 2.54. The van der Waals surface area contributed by atoms with Crippen LogP contribution in [0.15, 0.2) is 0 Å². The molecule has 0 spiro atoms. The second kappa shape index (κ2) is 13.3. The van der Waals surface area contributed by atoms with Crippen molar-refractivity contribution in [2.75, 3.05) is 38.3 Å². The van der Waals surface area contributed by atoms with E-state index in [4.69, 9.17) is 4.74 Å². The van der Waals surface area contributed by atoms with Crippen molar-refractivity contribution in [1.29, 1.82) is 0 Å². The lowest BCUT2D eigenvalue weighted by atomic mass is 10.3. The Hall–Kier alpha value is 0.270. The van der Waals surface area contributed by atoms with Gasteiger partial charge in [0.25, 0.3) is 0 Å². The van der Waals surface area contributed by atoms with Crippen molar-refractivity contribution < 1.29 is 4.74 Å². The zero-order valence-electron chi connectivity index (χ0n) is 9.68. The molecule has 0 aliphatic rings. The normalized spacial score (nSPS) is 10.7. The van der Waals surface area contributed by atoms with Gasteiger partial charge in [0.2, 0.25) is 0 Å². The standard InChI is InChI=1S/C11H25NOS/c1-3-4-5-10-14-11-6-7-12-8-9-13-2/h12H,3-11H2,1-2H3. The molecule has 1 N–H and O–H groups in total. The molecule has 86 valence electrons. The van der Waals surface area contributed by atoms with E-state index in [1.807, 2.05) is 0 Å². The molecule has 0 aliphatic carbocycles. The minimum atomic E-state index is 0.823.